The fourth-order valence-corrected chi connectivity index (χ4v) is 4.02. The van der Waals surface area contributed by atoms with Crippen LogP contribution in [-0.4, -0.2) is 37.0 Å². The third-order valence-electron chi connectivity index (χ3n) is 3.17. The number of aliphatic hydroxyl groups is 1. The lowest BCUT2D eigenvalue weighted by molar-refractivity contribution is 0.258. The minimum absolute atomic E-state index is 0.0240. The second-order valence-corrected chi connectivity index (χ2v) is 6.95. The van der Waals surface area contributed by atoms with E-state index in [1.807, 2.05) is 13.8 Å². The van der Waals surface area contributed by atoms with Gasteiger partial charge in [-0.25, -0.2) is 8.42 Å². The number of sulfonamides is 1. The number of hydrogen-bond acceptors (Lipinski definition) is 4. The Bertz CT molecular complexity index is 541. The molecule has 20 heavy (non-hydrogen) atoms. The van der Waals surface area contributed by atoms with Gasteiger partial charge in [-0.1, -0.05) is 12.1 Å². The van der Waals surface area contributed by atoms with E-state index in [0.717, 1.165) is 5.56 Å². The van der Waals surface area contributed by atoms with Crippen LogP contribution in [0.15, 0.2) is 23.1 Å². The van der Waals surface area contributed by atoms with Crippen LogP contribution in [0.2, 0.25) is 0 Å². The first kappa shape index (κ1) is 17.1. The molecular formula is C14H24N2O3S. The fraction of sp³-hybridized carbons (Fsp3) is 0.571. The maximum absolute atomic E-state index is 12.7. The third kappa shape index (κ3) is 3.79. The summed E-state index contributed by atoms with van der Waals surface area (Å²) < 4.78 is 26.9. The minimum atomic E-state index is -3.55. The molecule has 0 atom stereocenters. The highest BCUT2D eigenvalue weighted by Crippen LogP contribution is 2.23. The molecule has 3 N–H and O–H groups in total. The van der Waals surface area contributed by atoms with Crippen LogP contribution in [0, 0.1) is 6.92 Å². The average Bonchev–Trinajstić information content (AvgIpc) is 2.37. The van der Waals surface area contributed by atoms with Gasteiger partial charge in [0, 0.05) is 25.7 Å². The minimum Gasteiger partial charge on any atom is -0.396 e. The summed E-state index contributed by atoms with van der Waals surface area (Å²) in [6.45, 7) is 6.12. The molecule has 6 heteroatoms. The van der Waals surface area contributed by atoms with E-state index in [0.29, 0.717) is 30.0 Å². The summed E-state index contributed by atoms with van der Waals surface area (Å²) in [5.74, 6) is 0. The van der Waals surface area contributed by atoms with E-state index >= 15 is 0 Å². The van der Waals surface area contributed by atoms with Crippen molar-refractivity contribution < 1.29 is 13.5 Å². The fourth-order valence-electron chi connectivity index (χ4n) is 2.14. The molecule has 0 fully saturated rings. The van der Waals surface area contributed by atoms with Crippen molar-refractivity contribution in [2.75, 3.05) is 13.2 Å². The van der Waals surface area contributed by atoms with E-state index in [4.69, 9.17) is 10.8 Å². The number of aliphatic hydroxyl groups excluding tert-OH is 1. The number of benzene rings is 1. The number of nitrogens with two attached hydrogens (primary N) is 1. The van der Waals surface area contributed by atoms with Gasteiger partial charge in [-0.05, 0) is 44.4 Å². The zero-order valence-corrected chi connectivity index (χ0v) is 13.2. The van der Waals surface area contributed by atoms with E-state index in [2.05, 4.69) is 0 Å². The molecule has 5 nitrogen and oxygen atoms in total. The normalized spacial score (nSPS) is 12.3. The Kier molecular flexibility index (Phi) is 6.13. The summed E-state index contributed by atoms with van der Waals surface area (Å²) in [6.07, 6.45) is 0.428. The Morgan fingerprint density at radius 1 is 1.35 bits per heavy atom. The van der Waals surface area contributed by atoms with Crippen LogP contribution in [0.4, 0.5) is 0 Å². The van der Waals surface area contributed by atoms with Crippen LogP contribution in [0.3, 0.4) is 0 Å². The lowest BCUT2D eigenvalue weighted by atomic mass is 10.1. The van der Waals surface area contributed by atoms with Gasteiger partial charge >= 0.3 is 0 Å². The molecule has 0 aliphatic rings. The van der Waals surface area contributed by atoms with Crippen LogP contribution in [0.25, 0.3) is 0 Å². The Hall–Kier alpha value is -0.950. The van der Waals surface area contributed by atoms with Crippen LogP contribution in [-0.2, 0) is 16.6 Å². The molecule has 0 radical (unpaired) electrons. The number of hydrogen-bond donors (Lipinski definition) is 2. The molecule has 0 saturated heterocycles. The Morgan fingerprint density at radius 2 is 2.00 bits per heavy atom. The molecule has 0 bridgehead atoms. The Labute approximate surface area is 121 Å². The molecule has 114 valence electrons. The number of nitrogens with zero attached hydrogens (tertiary/aromatic N) is 1. The van der Waals surface area contributed by atoms with Crippen molar-refractivity contribution in [3.8, 4) is 0 Å². The highest BCUT2D eigenvalue weighted by molar-refractivity contribution is 7.89. The molecule has 1 rings (SSSR count). The molecule has 0 aromatic heterocycles. The molecule has 0 aliphatic carbocycles. The van der Waals surface area contributed by atoms with Gasteiger partial charge in [0.1, 0.15) is 0 Å². The maximum Gasteiger partial charge on any atom is 0.243 e. The average molecular weight is 300 g/mol. The van der Waals surface area contributed by atoms with Crippen molar-refractivity contribution in [3.63, 3.8) is 0 Å². The molecule has 0 amide bonds. The predicted molar refractivity (Wildman–Crippen MR) is 79.8 cm³/mol. The summed E-state index contributed by atoms with van der Waals surface area (Å²) in [4.78, 5) is 0.307. The van der Waals surface area contributed by atoms with Gasteiger partial charge in [-0.2, -0.15) is 4.31 Å². The second-order valence-electron chi connectivity index (χ2n) is 5.09. The molecule has 1 aromatic rings. The molecule has 0 saturated carbocycles. The zero-order chi connectivity index (χ0) is 15.3. The SMILES string of the molecule is Cc1cc(CN)ccc1S(=O)(=O)N(CCCO)C(C)C. The highest BCUT2D eigenvalue weighted by Gasteiger charge is 2.27. The quantitative estimate of drug-likeness (QED) is 0.793. The van der Waals surface area contributed by atoms with Crippen molar-refractivity contribution in [1.82, 2.24) is 4.31 Å². The number of aryl methyl sites for hydroxylation is 1. The van der Waals surface area contributed by atoms with Crippen LogP contribution >= 0.6 is 0 Å². The first-order valence-corrected chi connectivity index (χ1v) is 8.21. The van der Waals surface area contributed by atoms with Crippen LogP contribution in [0.1, 0.15) is 31.4 Å². The first-order chi connectivity index (χ1) is 9.34. The van der Waals surface area contributed by atoms with Crippen LogP contribution in [0.5, 0.6) is 0 Å². The van der Waals surface area contributed by atoms with E-state index in [-0.39, 0.29) is 12.6 Å². The maximum atomic E-state index is 12.7. The zero-order valence-electron chi connectivity index (χ0n) is 12.3. The Morgan fingerprint density at radius 3 is 2.45 bits per heavy atom. The standard InChI is InChI=1S/C14H24N2O3S/c1-11(2)16(7-4-8-17)20(18,19)14-6-5-13(10-15)9-12(14)3/h5-6,9,11,17H,4,7-8,10,15H2,1-3H3. The van der Waals surface area contributed by atoms with Crippen molar-refractivity contribution in [2.24, 2.45) is 5.73 Å². The topological polar surface area (TPSA) is 83.6 Å². The van der Waals surface area contributed by atoms with Gasteiger partial charge in [-0.15, -0.1) is 0 Å². The largest absolute Gasteiger partial charge is 0.396 e. The molecule has 0 unspecified atom stereocenters. The van der Waals surface area contributed by atoms with Crippen molar-refractivity contribution in [2.45, 2.75) is 44.7 Å². The lowest BCUT2D eigenvalue weighted by Crippen LogP contribution is -2.38. The second kappa shape index (κ2) is 7.17. The van der Waals surface area contributed by atoms with Gasteiger partial charge in [0.2, 0.25) is 10.0 Å². The summed E-state index contributed by atoms with van der Waals surface area (Å²) in [6, 6.07) is 5.00. The van der Waals surface area contributed by atoms with Crippen molar-refractivity contribution in [1.29, 1.82) is 0 Å². The summed E-state index contributed by atoms with van der Waals surface area (Å²) in [5.41, 5.74) is 7.17. The predicted octanol–water partition coefficient (Wildman–Crippen LogP) is 1.24. The molecule has 0 aliphatic heterocycles. The third-order valence-corrected chi connectivity index (χ3v) is 5.41. The van der Waals surface area contributed by atoms with E-state index in [1.54, 1.807) is 25.1 Å². The van der Waals surface area contributed by atoms with Crippen LogP contribution < -0.4 is 5.73 Å². The highest BCUT2D eigenvalue weighted by atomic mass is 32.2. The van der Waals surface area contributed by atoms with Gasteiger partial charge in [-0.3, -0.25) is 0 Å². The molecule has 0 spiro atoms. The van der Waals surface area contributed by atoms with Gasteiger partial charge in [0.05, 0.1) is 4.90 Å². The molecular weight excluding hydrogens is 276 g/mol. The summed E-state index contributed by atoms with van der Waals surface area (Å²) in [5, 5.41) is 8.92. The Balaban J connectivity index is 3.19. The smallest absolute Gasteiger partial charge is 0.243 e. The van der Waals surface area contributed by atoms with Gasteiger partial charge < -0.3 is 10.8 Å². The first-order valence-electron chi connectivity index (χ1n) is 6.77. The van der Waals surface area contributed by atoms with E-state index in [1.165, 1.54) is 4.31 Å². The number of rotatable bonds is 7. The van der Waals surface area contributed by atoms with Crippen molar-refractivity contribution >= 4 is 10.0 Å². The van der Waals surface area contributed by atoms with Crippen molar-refractivity contribution in [3.05, 3.63) is 29.3 Å². The summed E-state index contributed by atoms with van der Waals surface area (Å²) >= 11 is 0. The van der Waals surface area contributed by atoms with Gasteiger partial charge in [0.25, 0.3) is 0 Å². The van der Waals surface area contributed by atoms with Gasteiger partial charge in [0.15, 0.2) is 0 Å². The summed E-state index contributed by atoms with van der Waals surface area (Å²) in [7, 11) is -3.55. The molecule has 1 aromatic carbocycles. The van der Waals surface area contributed by atoms with E-state index in [9.17, 15) is 8.42 Å². The lowest BCUT2D eigenvalue weighted by Gasteiger charge is -2.26. The van der Waals surface area contributed by atoms with E-state index < -0.39 is 10.0 Å². The monoisotopic (exact) mass is 300 g/mol. The molecule has 0 heterocycles.